The van der Waals surface area contributed by atoms with Crippen molar-refractivity contribution >= 4 is 23.4 Å². The summed E-state index contributed by atoms with van der Waals surface area (Å²) in [7, 11) is 1.76. The fraction of sp³-hybridized carbons (Fsp3) is 0.432. The van der Waals surface area contributed by atoms with Gasteiger partial charge in [-0.05, 0) is 86.9 Å². The number of hydrogen-bond donors (Lipinski definition) is 5. The van der Waals surface area contributed by atoms with Gasteiger partial charge in [-0.15, -0.1) is 0 Å². The van der Waals surface area contributed by atoms with Gasteiger partial charge >= 0.3 is 0 Å². The van der Waals surface area contributed by atoms with Crippen molar-refractivity contribution in [3.63, 3.8) is 0 Å². The second kappa shape index (κ2) is 15.9. The van der Waals surface area contributed by atoms with Crippen molar-refractivity contribution in [1.82, 2.24) is 26.2 Å². The zero-order chi connectivity index (χ0) is 32.5. The van der Waals surface area contributed by atoms with Crippen LogP contribution >= 0.6 is 0 Å². The first-order chi connectivity index (χ1) is 22.4. The van der Waals surface area contributed by atoms with Crippen LogP contribution in [0.5, 0.6) is 0 Å². The molecule has 3 amide bonds. The number of hydrogen-bond acceptors (Lipinski definition) is 6. The lowest BCUT2D eigenvalue weighted by Crippen LogP contribution is -2.58. The molecule has 0 aliphatic carbocycles. The number of carbonyl (C=O) groups is 3. The summed E-state index contributed by atoms with van der Waals surface area (Å²) in [6.07, 6.45) is 4.29. The molecule has 2 heterocycles. The minimum atomic E-state index is -0.703. The van der Waals surface area contributed by atoms with E-state index in [4.69, 9.17) is 5.73 Å². The number of nitrogens with zero attached hydrogens (tertiary/aromatic N) is 1. The van der Waals surface area contributed by atoms with Gasteiger partial charge in [-0.25, -0.2) is 0 Å². The summed E-state index contributed by atoms with van der Waals surface area (Å²) in [4.78, 5) is 43.7. The summed E-state index contributed by atoms with van der Waals surface area (Å²) < 4.78 is 0. The molecule has 3 aromatic carbocycles. The highest BCUT2D eigenvalue weighted by molar-refractivity contribution is 5.94. The molecule has 244 valence electrons. The third kappa shape index (κ3) is 7.95. The first-order valence-corrected chi connectivity index (χ1v) is 16.6. The number of benzene rings is 3. The number of nitrogens with one attached hydrogen (secondary N) is 4. The Morgan fingerprint density at radius 2 is 1.52 bits per heavy atom. The molecule has 2 aliphatic heterocycles. The van der Waals surface area contributed by atoms with Gasteiger partial charge in [-0.2, -0.15) is 0 Å². The van der Waals surface area contributed by atoms with Crippen molar-refractivity contribution < 1.29 is 14.4 Å². The van der Waals surface area contributed by atoms with E-state index >= 15 is 0 Å². The van der Waals surface area contributed by atoms with Gasteiger partial charge in [0, 0.05) is 18.3 Å². The van der Waals surface area contributed by atoms with Gasteiger partial charge in [-0.1, -0.05) is 79.7 Å². The molecule has 6 N–H and O–H groups in total. The molecule has 0 bridgehead atoms. The third-order valence-electron chi connectivity index (χ3n) is 9.59. The predicted molar refractivity (Wildman–Crippen MR) is 181 cm³/mol. The Balaban J connectivity index is 1.33. The minimum Gasteiger partial charge on any atom is -0.399 e. The first kappa shape index (κ1) is 33.2. The molecule has 5 atom stereocenters. The van der Waals surface area contributed by atoms with E-state index < -0.39 is 18.1 Å². The number of anilines is 1. The topological polar surface area (TPSA) is 129 Å². The fourth-order valence-electron chi connectivity index (χ4n) is 7.00. The van der Waals surface area contributed by atoms with Crippen LogP contribution in [0.4, 0.5) is 5.69 Å². The molecular weight excluding hydrogens is 576 g/mol. The molecule has 5 rings (SSSR count). The summed E-state index contributed by atoms with van der Waals surface area (Å²) in [6, 6.07) is 25.5. The molecule has 0 spiro atoms. The lowest BCUT2D eigenvalue weighted by atomic mass is 9.90. The molecule has 9 heteroatoms. The Morgan fingerprint density at radius 3 is 2.13 bits per heavy atom. The van der Waals surface area contributed by atoms with E-state index in [1.165, 1.54) is 0 Å². The highest BCUT2D eigenvalue weighted by Crippen LogP contribution is 2.36. The van der Waals surface area contributed by atoms with E-state index in [0.29, 0.717) is 25.9 Å². The quantitative estimate of drug-likeness (QED) is 0.145. The van der Waals surface area contributed by atoms with Crippen molar-refractivity contribution in [3.05, 3.63) is 102 Å². The van der Waals surface area contributed by atoms with E-state index in [1.807, 2.05) is 91.9 Å². The van der Waals surface area contributed by atoms with Crippen LogP contribution in [-0.2, 0) is 20.9 Å². The normalized spacial score (nSPS) is 21.8. The van der Waals surface area contributed by atoms with Crippen LogP contribution in [0, 0.1) is 5.92 Å². The summed E-state index contributed by atoms with van der Waals surface area (Å²) >= 11 is 0. The Hall–Kier alpha value is -4.21. The number of amides is 3. The molecule has 0 aromatic heterocycles. The van der Waals surface area contributed by atoms with Gasteiger partial charge in [0.1, 0.15) is 12.1 Å². The van der Waals surface area contributed by atoms with Gasteiger partial charge in [0.15, 0.2) is 0 Å². The van der Waals surface area contributed by atoms with Crippen molar-refractivity contribution in [2.24, 2.45) is 5.92 Å². The van der Waals surface area contributed by atoms with Gasteiger partial charge in [-0.3, -0.25) is 14.4 Å². The van der Waals surface area contributed by atoms with Gasteiger partial charge in [0.2, 0.25) is 17.7 Å². The maximum Gasteiger partial charge on any atom is 0.246 e. The van der Waals surface area contributed by atoms with Crippen LogP contribution < -0.4 is 27.0 Å². The molecular formula is C37H48N6O3. The number of nitrogen functional groups attached to an aromatic ring is 1. The standard InChI is InChI=1S/C37H48N6O3/c1-3-31(39-2)35(44)42-34-28(22-23-40-24-25-14-17-29(38)18-15-25)16-19-30-20-21-32(43(30)37(34)46)36(45)41-33(26-10-6-4-7-11-26)27-12-8-5-9-13-27/h4-15,17-18,28,30-34,39-40H,3,16,19-24,38H2,1-2H3,(H,41,45)(H,42,44)/t28-,30+,31+,32+,34+/m1/s1. The Morgan fingerprint density at radius 1 is 0.891 bits per heavy atom. The van der Waals surface area contributed by atoms with Crippen LogP contribution in [0.2, 0.25) is 0 Å². The number of nitrogens with two attached hydrogens (primary N) is 1. The second-order valence-electron chi connectivity index (χ2n) is 12.5. The van der Waals surface area contributed by atoms with E-state index in [1.54, 1.807) is 11.9 Å². The maximum absolute atomic E-state index is 14.5. The van der Waals surface area contributed by atoms with E-state index in [2.05, 4.69) is 21.3 Å². The average Bonchev–Trinajstić information content (AvgIpc) is 3.47. The van der Waals surface area contributed by atoms with Gasteiger partial charge in [0.25, 0.3) is 0 Å². The average molecular weight is 625 g/mol. The third-order valence-corrected chi connectivity index (χ3v) is 9.59. The van der Waals surface area contributed by atoms with Crippen molar-refractivity contribution in [2.45, 2.75) is 82.2 Å². The maximum atomic E-state index is 14.5. The van der Waals surface area contributed by atoms with Crippen molar-refractivity contribution in [3.8, 4) is 0 Å². The van der Waals surface area contributed by atoms with E-state index in [0.717, 1.165) is 48.1 Å². The molecule has 46 heavy (non-hydrogen) atoms. The molecule has 3 aromatic rings. The van der Waals surface area contributed by atoms with Gasteiger partial charge in [0.05, 0.1) is 12.1 Å². The summed E-state index contributed by atoms with van der Waals surface area (Å²) in [5.74, 6) is -0.557. The Bertz CT molecular complexity index is 1390. The smallest absolute Gasteiger partial charge is 0.246 e. The zero-order valence-corrected chi connectivity index (χ0v) is 27.0. The minimum absolute atomic E-state index is 0.0337. The highest BCUT2D eigenvalue weighted by Gasteiger charge is 2.47. The SMILES string of the molecule is CC[C@H](NC)C(=O)N[C@@H]1C(=O)N2[C@@H](CC[C@@H]1CCNCc1ccc(N)cc1)CC[C@H]2C(=O)NC(c1ccccc1)c1ccccc1. The number of rotatable bonds is 13. The second-order valence-corrected chi connectivity index (χ2v) is 12.5. The lowest BCUT2D eigenvalue weighted by molar-refractivity contribution is -0.143. The van der Waals surface area contributed by atoms with Crippen molar-refractivity contribution in [1.29, 1.82) is 0 Å². The van der Waals surface area contributed by atoms with Crippen LogP contribution in [0.15, 0.2) is 84.9 Å². The highest BCUT2D eigenvalue weighted by atomic mass is 16.2. The fourth-order valence-corrected chi connectivity index (χ4v) is 7.00. The molecule has 9 nitrogen and oxygen atoms in total. The molecule has 2 fully saturated rings. The number of fused-ring (bicyclic) bond motifs is 1. The summed E-state index contributed by atoms with van der Waals surface area (Å²) in [5.41, 5.74) is 9.65. The van der Waals surface area contributed by atoms with Crippen LogP contribution in [0.1, 0.15) is 68.2 Å². The predicted octanol–water partition coefficient (Wildman–Crippen LogP) is 3.91. The molecule has 0 saturated carbocycles. The van der Waals surface area contributed by atoms with Crippen molar-refractivity contribution in [2.75, 3.05) is 19.3 Å². The van der Waals surface area contributed by atoms with E-state index in [-0.39, 0.29) is 35.7 Å². The Kier molecular flexibility index (Phi) is 11.4. The lowest BCUT2D eigenvalue weighted by Gasteiger charge is -2.33. The molecule has 0 radical (unpaired) electrons. The largest absolute Gasteiger partial charge is 0.399 e. The van der Waals surface area contributed by atoms with Crippen LogP contribution in [0.25, 0.3) is 0 Å². The monoisotopic (exact) mass is 624 g/mol. The summed E-state index contributed by atoms with van der Waals surface area (Å²) in [6.45, 7) is 3.33. The van der Waals surface area contributed by atoms with Gasteiger partial charge < -0.3 is 31.9 Å². The van der Waals surface area contributed by atoms with E-state index in [9.17, 15) is 14.4 Å². The first-order valence-electron chi connectivity index (χ1n) is 16.6. The van der Waals surface area contributed by atoms with Crippen LogP contribution in [0.3, 0.4) is 0 Å². The molecule has 0 unspecified atom stereocenters. The summed E-state index contributed by atoms with van der Waals surface area (Å²) in [5, 5.41) is 13.0. The number of likely N-dealkylation sites (N-methyl/N-ethyl adjacent to an activating group) is 1. The van der Waals surface area contributed by atoms with Crippen LogP contribution in [-0.4, -0.2) is 60.4 Å². The number of carbonyl (C=O) groups excluding carboxylic acids is 3. The molecule has 2 saturated heterocycles. The molecule has 2 aliphatic rings. The Labute approximate surface area is 272 Å². The zero-order valence-electron chi connectivity index (χ0n) is 27.0.